The van der Waals surface area contributed by atoms with Gasteiger partial charge in [0.1, 0.15) is 11.6 Å². The van der Waals surface area contributed by atoms with Crippen LogP contribution < -0.4 is 10.6 Å². The molecule has 17 heavy (non-hydrogen) atoms. The lowest BCUT2D eigenvalue weighted by Crippen LogP contribution is -2.08. The van der Waals surface area contributed by atoms with Crippen molar-refractivity contribution in [2.75, 3.05) is 24.2 Å². The first-order valence-electron chi connectivity index (χ1n) is 5.26. The lowest BCUT2D eigenvalue weighted by Gasteiger charge is -2.07. The summed E-state index contributed by atoms with van der Waals surface area (Å²) in [5.41, 5.74) is 0. The fraction of sp³-hybridized carbons (Fsp3) is 0.273. The number of hydrogen-bond donors (Lipinski definition) is 2. The van der Waals surface area contributed by atoms with Crippen LogP contribution in [0.4, 0.5) is 11.8 Å². The molecule has 0 unspecified atom stereocenters. The van der Waals surface area contributed by atoms with Crippen molar-refractivity contribution in [1.82, 2.24) is 9.97 Å². The van der Waals surface area contributed by atoms with Gasteiger partial charge in [-0.1, -0.05) is 0 Å². The zero-order valence-corrected chi connectivity index (χ0v) is 11.0. The molecule has 0 saturated heterocycles. The van der Waals surface area contributed by atoms with E-state index >= 15 is 0 Å². The molecule has 0 aliphatic heterocycles. The topological polar surface area (TPSA) is 63.0 Å². The molecule has 0 bridgehead atoms. The number of aromatic nitrogens is 2. The summed E-state index contributed by atoms with van der Waals surface area (Å²) in [7, 11) is 1.79. The molecule has 0 saturated carbocycles. The standard InChI is InChI=1S/C11H13BrN4O/c1-13-11-15-7-9(12)10(16-11)14-5-4-8-3-2-6-17-8/h2-3,6-7H,4-5H2,1H3,(H2,13,14,15,16). The molecule has 0 aromatic carbocycles. The normalized spacial score (nSPS) is 10.2. The average molecular weight is 297 g/mol. The number of nitrogens with zero attached hydrogens (tertiary/aromatic N) is 2. The van der Waals surface area contributed by atoms with Gasteiger partial charge >= 0.3 is 0 Å². The summed E-state index contributed by atoms with van der Waals surface area (Å²) < 4.78 is 6.09. The number of furan rings is 1. The molecule has 2 heterocycles. The van der Waals surface area contributed by atoms with Gasteiger partial charge in [0, 0.05) is 26.2 Å². The van der Waals surface area contributed by atoms with Gasteiger partial charge in [0.15, 0.2) is 0 Å². The second-order valence-electron chi connectivity index (χ2n) is 3.40. The molecular formula is C11H13BrN4O. The molecule has 2 aromatic heterocycles. The van der Waals surface area contributed by atoms with Crippen molar-refractivity contribution in [3.8, 4) is 0 Å². The average Bonchev–Trinajstić information content (AvgIpc) is 2.84. The van der Waals surface area contributed by atoms with Crippen LogP contribution in [-0.2, 0) is 6.42 Å². The number of halogens is 1. The van der Waals surface area contributed by atoms with Crippen LogP contribution in [0.15, 0.2) is 33.5 Å². The molecule has 2 rings (SSSR count). The van der Waals surface area contributed by atoms with E-state index in [1.165, 1.54) is 0 Å². The number of anilines is 2. The highest BCUT2D eigenvalue weighted by Crippen LogP contribution is 2.19. The van der Waals surface area contributed by atoms with Crippen LogP contribution in [0, 0.1) is 0 Å². The van der Waals surface area contributed by atoms with E-state index in [0.717, 1.165) is 29.0 Å². The highest BCUT2D eigenvalue weighted by atomic mass is 79.9. The molecule has 0 atom stereocenters. The first kappa shape index (κ1) is 11.9. The Morgan fingerprint density at radius 2 is 2.35 bits per heavy atom. The van der Waals surface area contributed by atoms with Crippen LogP contribution in [0.5, 0.6) is 0 Å². The summed E-state index contributed by atoms with van der Waals surface area (Å²) in [5, 5.41) is 6.12. The minimum absolute atomic E-state index is 0.591. The minimum Gasteiger partial charge on any atom is -0.469 e. The quantitative estimate of drug-likeness (QED) is 0.888. The molecule has 0 aliphatic rings. The fourth-order valence-electron chi connectivity index (χ4n) is 1.37. The summed E-state index contributed by atoms with van der Waals surface area (Å²) in [5.74, 6) is 2.32. The Morgan fingerprint density at radius 1 is 1.47 bits per heavy atom. The van der Waals surface area contributed by atoms with Crippen molar-refractivity contribution in [2.24, 2.45) is 0 Å². The van der Waals surface area contributed by atoms with Crippen molar-refractivity contribution in [2.45, 2.75) is 6.42 Å². The van der Waals surface area contributed by atoms with Crippen LogP contribution in [0.3, 0.4) is 0 Å². The highest BCUT2D eigenvalue weighted by Gasteiger charge is 2.04. The minimum atomic E-state index is 0.591. The lowest BCUT2D eigenvalue weighted by molar-refractivity contribution is 0.513. The van der Waals surface area contributed by atoms with Gasteiger partial charge < -0.3 is 15.1 Å². The molecular weight excluding hydrogens is 284 g/mol. The third kappa shape index (κ3) is 3.20. The summed E-state index contributed by atoms with van der Waals surface area (Å²) in [4.78, 5) is 8.39. The molecule has 0 fully saturated rings. The van der Waals surface area contributed by atoms with Crippen LogP contribution in [0.1, 0.15) is 5.76 Å². The predicted octanol–water partition coefficient (Wildman–Crippen LogP) is 2.53. The van der Waals surface area contributed by atoms with E-state index in [-0.39, 0.29) is 0 Å². The van der Waals surface area contributed by atoms with Crippen molar-refractivity contribution in [3.63, 3.8) is 0 Å². The monoisotopic (exact) mass is 296 g/mol. The van der Waals surface area contributed by atoms with Crippen LogP contribution in [-0.4, -0.2) is 23.6 Å². The summed E-state index contributed by atoms with van der Waals surface area (Å²) in [6, 6.07) is 3.84. The molecule has 2 N–H and O–H groups in total. The Balaban J connectivity index is 1.94. The van der Waals surface area contributed by atoms with Gasteiger partial charge in [0.25, 0.3) is 0 Å². The van der Waals surface area contributed by atoms with E-state index in [1.807, 2.05) is 12.1 Å². The van der Waals surface area contributed by atoms with Gasteiger partial charge in [-0.3, -0.25) is 0 Å². The Hall–Kier alpha value is -1.56. The zero-order valence-electron chi connectivity index (χ0n) is 9.40. The summed E-state index contributed by atoms with van der Waals surface area (Å²) in [6.07, 6.45) is 4.21. The van der Waals surface area contributed by atoms with Crippen molar-refractivity contribution in [1.29, 1.82) is 0 Å². The Morgan fingerprint density at radius 3 is 3.06 bits per heavy atom. The summed E-state index contributed by atoms with van der Waals surface area (Å²) >= 11 is 3.40. The van der Waals surface area contributed by atoms with Crippen LogP contribution in [0.25, 0.3) is 0 Å². The van der Waals surface area contributed by atoms with Gasteiger partial charge in [0.05, 0.1) is 10.7 Å². The van der Waals surface area contributed by atoms with Crippen molar-refractivity contribution < 1.29 is 4.42 Å². The van der Waals surface area contributed by atoms with Crippen molar-refractivity contribution in [3.05, 3.63) is 34.8 Å². The zero-order chi connectivity index (χ0) is 12.1. The third-order valence-corrected chi connectivity index (χ3v) is 2.79. The highest BCUT2D eigenvalue weighted by molar-refractivity contribution is 9.10. The number of rotatable bonds is 5. The molecule has 0 aliphatic carbocycles. The smallest absolute Gasteiger partial charge is 0.224 e. The predicted molar refractivity (Wildman–Crippen MR) is 70.2 cm³/mol. The lowest BCUT2D eigenvalue weighted by atomic mass is 10.3. The largest absolute Gasteiger partial charge is 0.469 e. The van der Waals surface area contributed by atoms with E-state index in [4.69, 9.17) is 4.42 Å². The van der Waals surface area contributed by atoms with Crippen molar-refractivity contribution >= 4 is 27.7 Å². The van der Waals surface area contributed by atoms with Gasteiger partial charge in [-0.25, -0.2) is 4.98 Å². The summed E-state index contributed by atoms with van der Waals surface area (Å²) in [6.45, 7) is 0.756. The Bertz CT molecular complexity index is 472. The second-order valence-corrected chi connectivity index (χ2v) is 4.25. The van der Waals surface area contributed by atoms with Gasteiger partial charge in [-0.05, 0) is 28.1 Å². The maximum absolute atomic E-state index is 5.25. The van der Waals surface area contributed by atoms with E-state index in [2.05, 4.69) is 36.5 Å². The van der Waals surface area contributed by atoms with E-state index < -0.39 is 0 Å². The number of hydrogen-bond acceptors (Lipinski definition) is 5. The molecule has 5 nitrogen and oxygen atoms in total. The molecule has 90 valence electrons. The molecule has 0 radical (unpaired) electrons. The van der Waals surface area contributed by atoms with Crippen LogP contribution >= 0.6 is 15.9 Å². The van der Waals surface area contributed by atoms with E-state index in [0.29, 0.717) is 5.95 Å². The molecule has 0 spiro atoms. The molecule has 6 heteroatoms. The maximum Gasteiger partial charge on any atom is 0.224 e. The fourth-order valence-corrected chi connectivity index (χ4v) is 1.70. The molecule has 2 aromatic rings. The van der Waals surface area contributed by atoms with Gasteiger partial charge in [-0.15, -0.1) is 0 Å². The molecule has 0 amide bonds. The third-order valence-electron chi connectivity index (χ3n) is 2.21. The maximum atomic E-state index is 5.25. The van der Waals surface area contributed by atoms with Gasteiger partial charge in [-0.2, -0.15) is 4.98 Å². The van der Waals surface area contributed by atoms with E-state index in [9.17, 15) is 0 Å². The first-order chi connectivity index (χ1) is 8.29. The second kappa shape index (κ2) is 5.67. The van der Waals surface area contributed by atoms with Crippen LogP contribution in [0.2, 0.25) is 0 Å². The Labute approximate surface area is 108 Å². The first-order valence-corrected chi connectivity index (χ1v) is 6.05. The Kier molecular flexibility index (Phi) is 3.98. The number of nitrogens with one attached hydrogen (secondary N) is 2. The van der Waals surface area contributed by atoms with Gasteiger partial charge in [0.2, 0.25) is 5.95 Å². The van der Waals surface area contributed by atoms with E-state index in [1.54, 1.807) is 19.5 Å². The SMILES string of the molecule is CNc1ncc(Br)c(NCCc2ccco2)n1.